The topological polar surface area (TPSA) is 66.5 Å². The van der Waals surface area contributed by atoms with Gasteiger partial charge in [0.05, 0.1) is 0 Å². The maximum atomic E-state index is 9.93. The minimum atomic E-state index is -1.82. The van der Waals surface area contributed by atoms with Crippen molar-refractivity contribution in [2.45, 2.75) is 57.8 Å². The van der Waals surface area contributed by atoms with Crippen molar-refractivity contribution in [2.75, 3.05) is 0 Å². The molecule has 0 saturated heterocycles. The van der Waals surface area contributed by atoms with Crippen molar-refractivity contribution in [2.24, 2.45) is 28.4 Å². The third kappa shape index (κ3) is 1.85. The molecule has 0 amide bonds. The summed E-state index contributed by atoms with van der Waals surface area (Å²) >= 11 is 0. The molecule has 4 rings (SSSR count). The first-order valence-electron chi connectivity index (χ1n) is 8.59. The quantitative estimate of drug-likeness (QED) is 0.476. The molecule has 0 spiro atoms. The van der Waals surface area contributed by atoms with Crippen LogP contribution in [0.15, 0.2) is 35.5 Å². The number of aliphatic hydroxyl groups is 2. The Kier molecular flexibility index (Phi) is 2.90. The standard InChI is InChI=1S/C19H27NO2/c1-17-6-3-4-13(17)16-14(5-7-17)18(2)8-9-19(21,22)11-12(18)10-15(16)20/h5,8-9,11,13,15-16,21-22H,3-4,6-7,10,20H2,1-2H3/t13-,15-,16-,17-,18-/m0/s1. The molecular formula is C19H27NO2. The molecule has 0 unspecified atom stereocenters. The van der Waals surface area contributed by atoms with Gasteiger partial charge < -0.3 is 15.9 Å². The zero-order valence-electron chi connectivity index (χ0n) is 13.5. The molecule has 5 atom stereocenters. The van der Waals surface area contributed by atoms with Gasteiger partial charge in [-0.25, -0.2) is 0 Å². The van der Waals surface area contributed by atoms with Crippen LogP contribution in [0, 0.1) is 22.7 Å². The molecule has 4 aliphatic carbocycles. The summed E-state index contributed by atoms with van der Waals surface area (Å²) in [6.45, 7) is 4.65. The predicted molar refractivity (Wildman–Crippen MR) is 86.7 cm³/mol. The van der Waals surface area contributed by atoms with Crippen LogP contribution < -0.4 is 5.73 Å². The molecule has 0 bridgehead atoms. The zero-order chi connectivity index (χ0) is 15.8. The van der Waals surface area contributed by atoms with Crippen molar-refractivity contribution in [3.8, 4) is 0 Å². The van der Waals surface area contributed by atoms with Crippen LogP contribution >= 0.6 is 0 Å². The van der Waals surface area contributed by atoms with Crippen LogP contribution in [-0.2, 0) is 0 Å². The second kappa shape index (κ2) is 4.34. The summed E-state index contributed by atoms with van der Waals surface area (Å²) in [5, 5.41) is 19.9. The molecule has 0 radical (unpaired) electrons. The SMILES string of the molecule is C[C@]12C=CC(O)(O)C=C1C[C@H](N)[C@@H]1C2=CC[C@]2(C)CCC[C@@H]12. The van der Waals surface area contributed by atoms with Crippen LogP contribution in [0.1, 0.15) is 46.0 Å². The fourth-order valence-electron chi connectivity index (χ4n) is 5.69. The molecule has 0 heterocycles. The van der Waals surface area contributed by atoms with Crippen molar-refractivity contribution in [1.29, 1.82) is 0 Å². The highest BCUT2D eigenvalue weighted by Gasteiger charge is 2.54. The molecule has 4 aliphatic rings. The lowest BCUT2D eigenvalue weighted by Gasteiger charge is -2.54. The lowest BCUT2D eigenvalue weighted by molar-refractivity contribution is -0.0781. The van der Waals surface area contributed by atoms with Gasteiger partial charge in [-0.3, -0.25) is 0 Å². The third-order valence-corrected chi connectivity index (χ3v) is 6.97. The molecule has 3 heteroatoms. The van der Waals surface area contributed by atoms with E-state index in [0.717, 1.165) is 18.4 Å². The first-order valence-corrected chi connectivity index (χ1v) is 8.59. The number of rotatable bonds is 0. The molecule has 0 aliphatic heterocycles. The van der Waals surface area contributed by atoms with Crippen LogP contribution in [0.2, 0.25) is 0 Å². The molecule has 120 valence electrons. The van der Waals surface area contributed by atoms with E-state index in [0.29, 0.717) is 17.3 Å². The number of hydrogen-bond acceptors (Lipinski definition) is 3. The van der Waals surface area contributed by atoms with Gasteiger partial charge in [-0.05, 0) is 62.0 Å². The van der Waals surface area contributed by atoms with Gasteiger partial charge in [0.25, 0.3) is 0 Å². The van der Waals surface area contributed by atoms with Gasteiger partial charge in [0.2, 0.25) is 5.79 Å². The van der Waals surface area contributed by atoms with E-state index in [1.54, 1.807) is 6.08 Å². The molecule has 2 fully saturated rings. The highest BCUT2D eigenvalue weighted by atomic mass is 16.5. The molecular weight excluding hydrogens is 274 g/mol. The smallest absolute Gasteiger partial charge is 0.203 e. The summed E-state index contributed by atoms with van der Waals surface area (Å²) in [5.74, 6) is -0.694. The normalized spacial score (nSPS) is 48.9. The Hall–Kier alpha value is -0.900. The van der Waals surface area contributed by atoms with Crippen molar-refractivity contribution in [3.05, 3.63) is 35.5 Å². The van der Waals surface area contributed by atoms with Gasteiger partial charge in [-0.2, -0.15) is 0 Å². The van der Waals surface area contributed by atoms with Gasteiger partial charge in [-0.1, -0.05) is 36.6 Å². The number of fused-ring (bicyclic) bond motifs is 5. The minimum absolute atomic E-state index is 0.0931. The first kappa shape index (κ1) is 14.7. The average Bonchev–Trinajstić information content (AvgIpc) is 2.82. The molecule has 3 nitrogen and oxygen atoms in total. The summed E-state index contributed by atoms with van der Waals surface area (Å²) in [5.41, 5.74) is 9.32. The first-order chi connectivity index (χ1) is 10.3. The second-order valence-corrected chi connectivity index (χ2v) is 8.40. The number of nitrogens with two attached hydrogens (primary N) is 1. The van der Waals surface area contributed by atoms with E-state index in [4.69, 9.17) is 5.73 Å². The van der Waals surface area contributed by atoms with Crippen LogP contribution in [0.3, 0.4) is 0 Å². The van der Waals surface area contributed by atoms with Crippen molar-refractivity contribution >= 4 is 0 Å². The largest absolute Gasteiger partial charge is 0.359 e. The third-order valence-electron chi connectivity index (χ3n) is 6.97. The zero-order valence-corrected chi connectivity index (χ0v) is 13.5. The molecule has 22 heavy (non-hydrogen) atoms. The maximum absolute atomic E-state index is 9.93. The lowest BCUT2D eigenvalue weighted by Crippen LogP contribution is -2.51. The van der Waals surface area contributed by atoms with E-state index < -0.39 is 5.79 Å². The monoisotopic (exact) mass is 301 g/mol. The van der Waals surface area contributed by atoms with Crippen LogP contribution in [0.5, 0.6) is 0 Å². The van der Waals surface area contributed by atoms with Crippen molar-refractivity contribution < 1.29 is 10.2 Å². The summed E-state index contributed by atoms with van der Waals surface area (Å²) in [7, 11) is 0. The summed E-state index contributed by atoms with van der Waals surface area (Å²) in [4.78, 5) is 0. The summed E-state index contributed by atoms with van der Waals surface area (Å²) < 4.78 is 0. The molecule has 0 aromatic carbocycles. The fourth-order valence-corrected chi connectivity index (χ4v) is 5.69. The van der Waals surface area contributed by atoms with Gasteiger partial charge in [0.1, 0.15) is 0 Å². The Balaban J connectivity index is 1.81. The Bertz CT molecular complexity index is 603. The molecule has 2 saturated carbocycles. The molecule has 0 aromatic heterocycles. The predicted octanol–water partition coefficient (Wildman–Crippen LogP) is 2.65. The number of hydrogen-bond donors (Lipinski definition) is 3. The summed E-state index contributed by atoms with van der Waals surface area (Å²) in [6.07, 6.45) is 13.4. The highest BCUT2D eigenvalue weighted by Crippen LogP contribution is 2.62. The minimum Gasteiger partial charge on any atom is -0.359 e. The Labute approximate surface area is 132 Å². The average molecular weight is 301 g/mol. The Morgan fingerprint density at radius 3 is 2.77 bits per heavy atom. The second-order valence-electron chi connectivity index (χ2n) is 8.40. The lowest BCUT2D eigenvalue weighted by atomic mass is 9.52. The van der Waals surface area contributed by atoms with Crippen molar-refractivity contribution in [3.63, 3.8) is 0 Å². The van der Waals surface area contributed by atoms with Gasteiger partial charge >= 0.3 is 0 Å². The molecule has 4 N–H and O–H groups in total. The van der Waals surface area contributed by atoms with Gasteiger partial charge in [0.15, 0.2) is 0 Å². The van der Waals surface area contributed by atoms with E-state index in [1.165, 1.54) is 30.9 Å². The van der Waals surface area contributed by atoms with E-state index in [2.05, 4.69) is 19.9 Å². The van der Waals surface area contributed by atoms with Crippen LogP contribution in [0.25, 0.3) is 0 Å². The van der Waals surface area contributed by atoms with Gasteiger partial charge in [0, 0.05) is 11.5 Å². The fraction of sp³-hybridized carbons (Fsp3) is 0.684. The van der Waals surface area contributed by atoms with Crippen LogP contribution in [0.4, 0.5) is 0 Å². The van der Waals surface area contributed by atoms with E-state index in [-0.39, 0.29) is 11.5 Å². The maximum Gasteiger partial charge on any atom is 0.203 e. The summed E-state index contributed by atoms with van der Waals surface area (Å²) in [6, 6.07) is 0.0931. The molecule has 0 aromatic rings. The highest BCUT2D eigenvalue weighted by molar-refractivity contribution is 5.47. The van der Waals surface area contributed by atoms with Crippen molar-refractivity contribution in [1.82, 2.24) is 0 Å². The number of allylic oxidation sites excluding steroid dienone is 2. The van der Waals surface area contributed by atoms with E-state index in [1.807, 2.05) is 6.08 Å². The van der Waals surface area contributed by atoms with E-state index in [9.17, 15) is 10.2 Å². The Morgan fingerprint density at radius 2 is 2.00 bits per heavy atom. The van der Waals surface area contributed by atoms with Crippen LogP contribution in [-0.4, -0.2) is 22.0 Å². The Morgan fingerprint density at radius 1 is 1.23 bits per heavy atom. The van der Waals surface area contributed by atoms with Gasteiger partial charge in [-0.15, -0.1) is 0 Å². The van der Waals surface area contributed by atoms with E-state index >= 15 is 0 Å².